The third kappa shape index (κ3) is 3.77. The molecule has 0 aliphatic rings. The number of hydrogen-bond acceptors (Lipinski definition) is 4. The molecule has 0 radical (unpaired) electrons. The Bertz CT molecular complexity index is 906. The molecule has 0 spiro atoms. The molecule has 0 atom stereocenters. The lowest BCUT2D eigenvalue weighted by atomic mass is 10.1. The summed E-state index contributed by atoms with van der Waals surface area (Å²) in [6, 6.07) is 19.7. The number of amides is 1. The van der Waals surface area contributed by atoms with Crippen LogP contribution in [0.2, 0.25) is 0 Å². The number of rotatable bonds is 4. The maximum absolute atomic E-state index is 12.5. The third-order valence-corrected chi connectivity index (χ3v) is 3.60. The lowest BCUT2D eigenvalue weighted by Crippen LogP contribution is -2.16. The summed E-state index contributed by atoms with van der Waals surface area (Å²) >= 11 is 0. The Labute approximate surface area is 145 Å². The molecule has 1 N–H and O–H groups in total. The molecule has 0 aromatic heterocycles. The van der Waals surface area contributed by atoms with E-state index in [9.17, 15) is 9.59 Å². The van der Waals surface area contributed by atoms with Gasteiger partial charge in [0.15, 0.2) is 5.75 Å². The Morgan fingerprint density at radius 1 is 0.920 bits per heavy atom. The molecule has 5 nitrogen and oxygen atoms in total. The van der Waals surface area contributed by atoms with Crippen molar-refractivity contribution in [3.63, 3.8) is 0 Å². The Morgan fingerprint density at radius 3 is 2.40 bits per heavy atom. The van der Waals surface area contributed by atoms with Crippen LogP contribution in [0, 0.1) is 0 Å². The van der Waals surface area contributed by atoms with Crippen molar-refractivity contribution < 1.29 is 19.1 Å². The quantitative estimate of drug-likeness (QED) is 0.558. The minimum atomic E-state index is -0.602. The van der Waals surface area contributed by atoms with Gasteiger partial charge in [0.2, 0.25) is 0 Å². The predicted molar refractivity (Wildman–Crippen MR) is 96.0 cm³/mol. The highest BCUT2D eigenvalue weighted by molar-refractivity contribution is 6.01. The molecule has 25 heavy (non-hydrogen) atoms. The topological polar surface area (TPSA) is 64.6 Å². The monoisotopic (exact) mass is 335 g/mol. The van der Waals surface area contributed by atoms with Crippen LogP contribution in [0.1, 0.15) is 17.3 Å². The number of benzene rings is 3. The first-order valence-electron chi connectivity index (χ1n) is 7.92. The van der Waals surface area contributed by atoms with Crippen LogP contribution in [0.15, 0.2) is 66.7 Å². The van der Waals surface area contributed by atoms with Crippen molar-refractivity contribution in [1.29, 1.82) is 0 Å². The van der Waals surface area contributed by atoms with E-state index < -0.39 is 12.1 Å². The van der Waals surface area contributed by atoms with E-state index in [1.54, 1.807) is 37.3 Å². The average Bonchev–Trinajstić information content (AvgIpc) is 2.64. The van der Waals surface area contributed by atoms with E-state index in [1.807, 2.05) is 36.4 Å². The number of nitrogens with one attached hydrogen (secondary N) is 1. The van der Waals surface area contributed by atoms with Gasteiger partial charge in [0, 0.05) is 5.39 Å². The molecule has 3 aromatic rings. The molecule has 3 aromatic carbocycles. The summed E-state index contributed by atoms with van der Waals surface area (Å²) in [6.07, 6.45) is -0.602. The van der Waals surface area contributed by atoms with Gasteiger partial charge in [-0.05, 0) is 30.5 Å². The smallest absolute Gasteiger partial charge is 0.411 e. The summed E-state index contributed by atoms with van der Waals surface area (Å²) in [4.78, 5) is 24.2. The van der Waals surface area contributed by atoms with Crippen molar-refractivity contribution in [3.8, 4) is 5.75 Å². The SMILES string of the molecule is CCOC(=O)Nc1ccc2ccccc2c1OC(=O)c1ccccc1. The summed E-state index contributed by atoms with van der Waals surface area (Å²) in [7, 11) is 0. The molecule has 1 amide bonds. The second kappa shape index (κ2) is 7.49. The molecular formula is C20H17NO4. The lowest BCUT2D eigenvalue weighted by molar-refractivity contribution is 0.0737. The second-order valence-corrected chi connectivity index (χ2v) is 5.26. The van der Waals surface area contributed by atoms with Crippen molar-refractivity contribution in [2.75, 3.05) is 11.9 Å². The number of ether oxygens (including phenoxy) is 2. The van der Waals surface area contributed by atoms with E-state index >= 15 is 0 Å². The normalized spacial score (nSPS) is 10.3. The molecular weight excluding hydrogens is 318 g/mol. The van der Waals surface area contributed by atoms with Crippen molar-refractivity contribution in [3.05, 3.63) is 72.3 Å². The van der Waals surface area contributed by atoms with E-state index in [4.69, 9.17) is 9.47 Å². The maximum Gasteiger partial charge on any atom is 0.411 e. The highest BCUT2D eigenvalue weighted by Gasteiger charge is 2.16. The number of carbonyl (C=O) groups excluding carboxylic acids is 2. The fourth-order valence-corrected chi connectivity index (χ4v) is 2.45. The first-order chi connectivity index (χ1) is 12.2. The zero-order chi connectivity index (χ0) is 17.6. The molecule has 0 saturated heterocycles. The summed E-state index contributed by atoms with van der Waals surface area (Å²) in [5, 5.41) is 4.24. The fourth-order valence-electron chi connectivity index (χ4n) is 2.45. The molecule has 5 heteroatoms. The van der Waals surface area contributed by atoms with E-state index in [0.29, 0.717) is 17.0 Å². The zero-order valence-electron chi connectivity index (χ0n) is 13.7. The van der Waals surface area contributed by atoms with Crippen LogP contribution in [-0.4, -0.2) is 18.7 Å². The van der Waals surface area contributed by atoms with Crippen LogP contribution in [0.5, 0.6) is 5.75 Å². The van der Waals surface area contributed by atoms with Gasteiger partial charge in [-0.3, -0.25) is 5.32 Å². The van der Waals surface area contributed by atoms with Gasteiger partial charge in [0.1, 0.15) is 0 Å². The largest absolute Gasteiger partial charge is 0.450 e. The van der Waals surface area contributed by atoms with Gasteiger partial charge >= 0.3 is 12.1 Å². The minimum Gasteiger partial charge on any atom is -0.450 e. The number of hydrogen-bond donors (Lipinski definition) is 1. The highest BCUT2D eigenvalue weighted by Crippen LogP contribution is 2.34. The highest BCUT2D eigenvalue weighted by atomic mass is 16.6. The van der Waals surface area contributed by atoms with Crippen LogP contribution in [0.25, 0.3) is 10.8 Å². The van der Waals surface area contributed by atoms with E-state index in [0.717, 1.165) is 10.8 Å². The molecule has 0 fully saturated rings. The number of carbonyl (C=O) groups is 2. The van der Waals surface area contributed by atoms with Crippen LogP contribution >= 0.6 is 0 Å². The summed E-state index contributed by atoms with van der Waals surface area (Å²) < 4.78 is 10.5. The molecule has 0 unspecified atom stereocenters. The Morgan fingerprint density at radius 2 is 1.64 bits per heavy atom. The molecule has 0 aliphatic carbocycles. The molecule has 0 saturated carbocycles. The van der Waals surface area contributed by atoms with Crippen LogP contribution < -0.4 is 10.1 Å². The van der Waals surface area contributed by atoms with Gasteiger partial charge < -0.3 is 9.47 Å². The van der Waals surface area contributed by atoms with Crippen molar-refractivity contribution >= 4 is 28.5 Å². The first-order valence-corrected chi connectivity index (χ1v) is 7.92. The molecule has 0 bridgehead atoms. The Balaban J connectivity index is 2.00. The third-order valence-electron chi connectivity index (χ3n) is 3.60. The number of esters is 1. The van der Waals surface area contributed by atoms with Crippen molar-refractivity contribution in [1.82, 2.24) is 0 Å². The lowest BCUT2D eigenvalue weighted by Gasteiger charge is -2.14. The average molecular weight is 335 g/mol. The van der Waals surface area contributed by atoms with Crippen LogP contribution in [0.4, 0.5) is 10.5 Å². The predicted octanol–water partition coefficient (Wildman–Crippen LogP) is 4.63. The molecule has 0 aliphatic heterocycles. The number of fused-ring (bicyclic) bond motifs is 1. The maximum atomic E-state index is 12.5. The Kier molecular flexibility index (Phi) is 4.95. The Hall–Kier alpha value is -3.34. The summed E-state index contributed by atoms with van der Waals surface area (Å²) in [6.45, 7) is 1.97. The van der Waals surface area contributed by atoms with Gasteiger partial charge in [-0.25, -0.2) is 9.59 Å². The van der Waals surface area contributed by atoms with Crippen LogP contribution in [0.3, 0.4) is 0 Å². The molecule has 126 valence electrons. The van der Waals surface area contributed by atoms with Crippen LogP contribution in [-0.2, 0) is 4.74 Å². The number of anilines is 1. The first kappa shape index (κ1) is 16.5. The van der Waals surface area contributed by atoms with Gasteiger partial charge in [-0.15, -0.1) is 0 Å². The summed E-state index contributed by atoms with van der Waals surface area (Å²) in [5.41, 5.74) is 0.805. The van der Waals surface area contributed by atoms with E-state index in [2.05, 4.69) is 5.32 Å². The van der Waals surface area contributed by atoms with Crippen molar-refractivity contribution in [2.24, 2.45) is 0 Å². The van der Waals surface area contributed by atoms with E-state index in [-0.39, 0.29) is 6.61 Å². The van der Waals surface area contributed by atoms with E-state index in [1.165, 1.54) is 0 Å². The van der Waals surface area contributed by atoms with Gasteiger partial charge in [-0.2, -0.15) is 0 Å². The van der Waals surface area contributed by atoms with Gasteiger partial charge in [0.25, 0.3) is 0 Å². The van der Waals surface area contributed by atoms with Crippen molar-refractivity contribution in [2.45, 2.75) is 6.92 Å². The summed E-state index contributed by atoms with van der Waals surface area (Å²) in [5.74, 6) is -0.205. The molecule has 0 heterocycles. The molecule has 3 rings (SSSR count). The van der Waals surface area contributed by atoms with Gasteiger partial charge in [0.05, 0.1) is 17.9 Å². The zero-order valence-corrected chi connectivity index (χ0v) is 13.7. The second-order valence-electron chi connectivity index (χ2n) is 5.26. The fraction of sp³-hybridized carbons (Fsp3) is 0.100. The van der Waals surface area contributed by atoms with Gasteiger partial charge in [-0.1, -0.05) is 48.5 Å². The minimum absolute atomic E-state index is 0.249. The standard InChI is InChI=1S/C20H17NO4/c1-2-24-20(23)21-17-13-12-14-8-6-7-11-16(14)18(17)25-19(22)15-9-4-3-5-10-15/h3-13H,2H2,1H3,(H,21,23).